The van der Waals surface area contributed by atoms with Crippen molar-refractivity contribution in [2.45, 2.75) is 25.0 Å². The van der Waals surface area contributed by atoms with E-state index in [4.69, 9.17) is 23.2 Å². The Hall–Kier alpha value is -2.45. The number of aliphatic hydroxyl groups is 2. The lowest BCUT2D eigenvalue weighted by Gasteiger charge is -2.30. The molecule has 2 aromatic carbocycles. The molecule has 9 heteroatoms. The maximum absolute atomic E-state index is 12.6. The van der Waals surface area contributed by atoms with Gasteiger partial charge in [0.25, 0.3) is 5.91 Å². The molecular formula is C22H24Cl2N4O3. The molecular weight excluding hydrogens is 439 g/mol. The van der Waals surface area contributed by atoms with E-state index in [9.17, 15) is 15.0 Å². The van der Waals surface area contributed by atoms with E-state index in [2.05, 4.69) is 10.3 Å². The molecule has 0 radical (unpaired) electrons. The molecule has 0 saturated heterocycles. The van der Waals surface area contributed by atoms with E-state index >= 15 is 0 Å². The number of aromatic nitrogens is 3. The van der Waals surface area contributed by atoms with Crippen LogP contribution in [-0.2, 0) is 18.6 Å². The maximum atomic E-state index is 12.6. The van der Waals surface area contributed by atoms with E-state index in [0.717, 1.165) is 0 Å². The van der Waals surface area contributed by atoms with Crippen molar-refractivity contribution in [2.24, 2.45) is 0 Å². The lowest BCUT2D eigenvalue weighted by molar-refractivity contribution is 0.0556. The molecule has 0 atom stereocenters. The van der Waals surface area contributed by atoms with Gasteiger partial charge in [0.15, 0.2) is 5.69 Å². The molecule has 31 heavy (non-hydrogen) atoms. The highest BCUT2D eigenvalue weighted by molar-refractivity contribution is 6.30. The zero-order valence-corrected chi connectivity index (χ0v) is 18.8. The second kappa shape index (κ2) is 9.78. The molecule has 0 unspecified atom stereocenters. The minimum atomic E-state index is -1.49. The van der Waals surface area contributed by atoms with E-state index in [0.29, 0.717) is 39.7 Å². The van der Waals surface area contributed by atoms with Crippen molar-refractivity contribution in [3.05, 3.63) is 81.1 Å². The van der Waals surface area contributed by atoms with Crippen molar-refractivity contribution in [1.29, 1.82) is 0 Å². The van der Waals surface area contributed by atoms with Crippen LogP contribution in [0.1, 0.15) is 33.7 Å². The summed E-state index contributed by atoms with van der Waals surface area (Å²) in [6, 6.07) is 13.8. The predicted molar refractivity (Wildman–Crippen MR) is 119 cm³/mol. The molecule has 7 nitrogen and oxygen atoms in total. The highest BCUT2D eigenvalue weighted by atomic mass is 35.5. The Morgan fingerprint density at radius 2 is 1.55 bits per heavy atom. The van der Waals surface area contributed by atoms with Crippen LogP contribution in [0.15, 0.2) is 48.5 Å². The Morgan fingerprint density at radius 3 is 2.00 bits per heavy atom. The summed E-state index contributed by atoms with van der Waals surface area (Å²) < 4.78 is 1.52. The number of benzene rings is 2. The van der Waals surface area contributed by atoms with Crippen LogP contribution in [0.2, 0.25) is 10.0 Å². The molecule has 0 aliphatic rings. The van der Waals surface area contributed by atoms with Gasteiger partial charge in [-0.15, -0.1) is 5.10 Å². The third-order valence-electron chi connectivity index (χ3n) is 5.04. The van der Waals surface area contributed by atoms with Crippen molar-refractivity contribution in [2.75, 3.05) is 20.7 Å². The minimum Gasteiger partial charge on any atom is -0.396 e. The number of rotatable bonds is 8. The third-order valence-corrected chi connectivity index (χ3v) is 5.54. The Bertz CT molecular complexity index is 988. The first-order chi connectivity index (χ1) is 14.8. The molecule has 1 heterocycles. The van der Waals surface area contributed by atoms with Crippen LogP contribution < -0.4 is 0 Å². The largest absolute Gasteiger partial charge is 0.396 e. The van der Waals surface area contributed by atoms with Gasteiger partial charge in [-0.25, -0.2) is 4.68 Å². The average Bonchev–Trinajstić information content (AvgIpc) is 3.14. The first-order valence-electron chi connectivity index (χ1n) is 9.75. The number of carbonyl (C=O) groups excluding carboxylic acids is 1. The van der Waals surface area contributed by atoms with Crippen molar-refractivity contribution < 1.29 is 15.0 Å². The van der Waals surface area contributed by atoms with Gasteiger partial charge in [0.1, 0.15) is 5.60 Å². The van der Waals surface area contributed by atoms with E-state index in [1.807, 2.05) is 0 Å². The van der Waals surface area contributed by atoms with E-state index in [-0.39, 0.29) is 24.8 Å². The predicted octanol–water partition coefficient (Wildman–Crippen LogP) is 3.15. The number of nitrogens with zero attached hydrogens (tertiary/aromatic N) is 4. The number of carbonyl (C=O) groups is 1. The molecule has 0 spiro atoms. The van der Waals surface area contributed by atoms with Crippen molar-refractivity contribution >= 4 is 29.1 Å². The van der Waals surface area contributed by atoms with Crippen LogP contribution in [0.5, 0.6) is 0 Å². The fourth-order valence-electron chi connectivity index (χ4n) is 3.35. The van der Waals surface area contributed by atoms with Gasteiger partial charge in [0.05, 0.1) is 12.2 Å². The van der Waals surface area contributed by atoms with Gasteiger partial charge in [-0.1, -0.05) is 52.7 Å². The molecule has 0 aliphatic heterocycles. The number of halogens is 2. The van der Waals surface area contributed by atoms with Crippen LogP contribution in [0, 0.1) is 0 Å². The molecule has 164 valence electrons. The van der Waals surface area contributed by atoms with Crippen LogP contribution in [-0.4, -0.2) is 56.7 Å². The van der Waals surface area contributed by atoms with Gasteiger partial charge in [-0.2, -0.15) is 0 Å². The standard InChI is InChI=1S/C22H24Cl2N4O3/c1-27(2)21(30)20-19(4-3-13-29)28(26-25-20)14-22(31,15-5-9-17(23)10-6-15)16-7-11-18(24)12-8-16/h5-12,29,31H,3-4,13-14H2,1-2H3. The number of aliphatic hydroxyl groups excluding tert-OH is 1. The summed E-state index contributed by atoms with van der Waals surface area (Å²) in [5.74, 6) is -0.291. The first kappa shape index (κ1) is 23.2. The van der Waals surface area contributed by atoms with Gasteiger partial charge in [-0.05, 0) is 48.2 Å². The van der Waals surface area contributed by atoms with E-state index in [1.54, 1.807) is 62.6 Å². The summed E-state index contributed by atoms with van der Waals surface area (Å²) in [6.45, 7) is -0.0376. The lowest BCUT2D eigenvalue weighted by Crippen LogP contribution is -2.34. The van der Waals surface area contributed by atoms with Gasteiger partial charge >= 0.3 is 0 Å². The summed E-state index contributed by atoms with van der Waals surface area (Å²) >= 11 is 12.1. The highest BCUT2D eigenvalue weighted by Crippen LogP contribution is 2.33. The minimum absolute atomic E-state index is 0.00470. The first-order valence-corrected chi connectivity index (χ1v) is 10.5. The van der Waals surface area contributed by atoms with Gasteiger partial charge in [0, 0.05) is 30.7 Å². The van der Waals surface area contributed by atoms with Gasteiger partial charge in [-0.3, -0.25) is 4.79 Å². The summed E-state index contributed by atoms with van der Waals surface area (Å²) in [7, 11) is 3.27. The third kappa shape index (κ3) is 5.07. The molecule has 0 aliphatic carbocycles. The molecule has 1 amide bonds. The highest BCUT2D eigenvalue weighted by Gasteiger charge is 2.34. The molecule has 0 fully saturated rings. The lowest BCUT2D eigenvalue weighted by atomic mass is 9.86. The van der Waals surface area contributed by atoms with Crippen molar-refractivity contribution in [3.8, 4) is 0 Å². The molecule has 0 saturated carbocycles. The Labute approximate surface area is 190 Å². The number of amides is 1. The van der Waals surface area contributed by atoms with Crippen LogP contribution in [0.3, 0.4) is 0 Å². The topological polar surface area (TPSA) is 91.5 Å². The molecule has 3 aromatic rings. The Balaban J connectivity index is 2.10. The smallest absolute Gasteiger partial charge is 0.275 e. The maximum Gasteiger partial charge on any atom is 0.275 e. The fraction of sp³-hybridized carbons (Fsp3) is 0.318. The monoisotopic (exact) mass is 462 g/mol. The van der Waals surface area contributed by atoms with E-state index < -0.39 is 5.60 Å². The summed E-state index contributed by atoms with van der Waals surface area (Å²) in [4.78, 5) is 14.0. The number of hydrogen-bond donors (Lipinski definition) is 2. The van der Waals surface area contributed by atoms with Crippen LogP contribution in [0.4, 0.5) is 0 Å². The SMILES string of the molecule is CN(C)C(=O)c1nnn(CC(O)(c2ccc(Cl)cc2)c2ccc(Cl)cc2)c1CCCO. The summed E-state index contributed by atoms with van der Waals surface area (Å²) in [5.41, 5.74) is 0.462. The van der Waals surface area contributed by atoms with Gasteiger partial charge < -0.3 is 15.1 Å². The van der Waals surface area contributed by atoms with Gasteiger partial charge in [0.2, 0.25) is 0 Å². The Kier molecular flexibility index (Phi) is 7.33. The van der Waals surface area contributed by atoms with E-state index in [1.165, 1.54) is 9.58 Å². The summed E-state index contributed by atoms with van der Waals surface area (Å²) in [6.07, 6.45) is 0.817. The fourth-order valence-corrected chi connectivity index (χ4v) is 3.60. The van der Waals surface area contributed by atoms with Crippen molar-refractivity contribution in [1.82, 2.24) is 19.9 Å². The second-order valence-corrected chi connectivity index (χ2v) is 8.32. The molecule has 3 rings (SSSR count). The number of hydrogen-bond acceptors (Lipinski definition) is 5. The zero-order chi connectivity index (χ0) is 22.6. The Morgan fingerprint density at radius 1 is 1.03 bits per heavy atom. The summed E-state index contributed by atoms with van der Waals surface area (Å²) in [5, 5.41) is 30.5. The molecule has 2 N–H and O–H groups in total. The second-order valence-electron chi connectivity index (χ2n) is 7.44. The quantitative estimate of drug-likeness (QED) is 0.536. The normalized spacial score (nSPS) is 11.5. The molecule has 0 bridgehead atoms. The zero-order valence-electron chi connectivity index (χ0n) is 17.3. The molecule has 1 aromatic heterocycles. The van der Waals surface area contributed by atoms with Crippen LogP contribution >= 0.6 is 23.2 Å². The average molecular weight is 463 g/mol. The van der Waals surface area contributed by atoms with Crippen LogP contribution in [0.25, 0.3) is 0 Å². The van der Waals surface area contributed by atoms with Crippen molar-refractivity contribution in [3.63, 3.8) is 0 Å².